The maximum Gasteiger partial charge on any atom is 0.243 e. The second-order valence-corrected chi connectivity index (χ2v) is 3.54. The van der Waals surface area contributed by atoms with Gasteiger partial charge in [-0.15, -0.1) is 0 Å². The molecule has 17 heavy (non-hydrogen) atoms. The van der Waals surface area contributed by atoms with E-state index in [9.17, 15) is 4.79 Å². The van der Waals surface area contributed by atoms with E-state index in [1.807, 2.05) is 6.07 Å². The van der Waals surface area contributed by atoms with E-state index >= 15 is 0 Å². The van der Waals surface area contributed by atoms with Crippen LogP contribution in [0, 0.1) is 11.3 Å². The molecule has 1 aromatic rings. The monoisotopic (exact) mass is 249 g/mol. The fourth-order valence-electron chi connectivity index (χ4n) is 1.67. The van der Waals surface area contributed by atoms with E-state index in [1.165, 1.54) is 0 Å². The van der Waals surface area contributed by atoms with Crippen LogP contribution in [0.1, 0.15) is 12.0 Å². The number of benzene rings is 1. The lowest BCUT2D eigenvalue weighted by molar-refractivity contribution is -0.118. The van der Waals surface area contributed by atoms with Gasteiger partial charge >= 0.3 is 0 Å². The number of thiol groups is 1. The number of anilines is 1. The molecule has 0 bridgehead atoms. The molecule has 0 aromatic heterocycles. The molecule has 0 saturated carbocycles. The number of nitrogens with two attached hydrogens (primary N) is 1. The Hall–Kier alpha value is -1.51. The smallest absolute Gasteiger partial charge is 0.243 e. The Bertz CT molecular complexity index is 424. The predicted octanol–water partition coefficient (Wildman–Crippen LogP) is 1.17. The summed E-state index contributed by atoms with van der Waals surface area (Å²) in [5.74, 6) is -0.0419. The average molecular weight is 249 g/mol. The molecule has 1 amide bonds. The van der Waals surface area contributed by atoms with Gasteiger partial charge < -0.3 is 10.6 Å². The van der Waals surface area contributed by atoms with Crippen LogP contribution in [0.2, 0.25) is 0 Å². The minimum Gasteiger partial charge on any atom is -0.320 e. The van der Waals surface area contributed by atoms with Crippen molar-refractivity contribution >= 4 is 24.2 Å². The van der Waals surface area contributed by atoms with Crippen molar-refractivity contribution in [3.05, 3.63) is 29.8 Å². The fourth-order valence-corrected chi connectivity index (χ4v) is 1.67. The highest BCUT2D eigenvalue weighted by Gasteiger charge is 2.29. The summed E-state index contributed by atoms with van der Waals surface area (Å²) < 4.78 is 0. The van der Waals surface area contributed by atoms with Crippen LogP contribution >= 0.6 is 12.6 Å². The van der Waals surface area contributed by atoms with E-state index in [2.05, 4.69) is 12.6 Å². The van der Waals surface area contributed by atoms with Crippen molar-refractivity contribution in [2.24, 2.45) is 5.73 Å². The zero-order valence-electron chi connectivity index (χ0n) is 9.63. The van der Waals surface area contributed by atoms with E-state index in [0.717, 1.165) is 5.69 Å². The maximum atomic E-state index is 11.6. The summed E-state index contributed by atoms with van der Waals surface area (Å²) in [5, 5.41) is 8.64. The van der Waals surface area contributed by atoms with Crippen LogP contribution in [0.15, 0.2) is 24.3 Å². The summed E-state index contributed by atoms with van der Waals surface area (Å²) in [4.78, 5) is 13.3. The van der Waals surface area contributed by atoms with Gasteiger partial charge in [0.1, 0.15) is 0 Å². The third-order valence-corrected chi connectivity index (χ3v) is 2.56. The van der Waals surface area contributed by atoms with E-state index in [1.54, 1.807) is 35.4 Å². The van der Waals surface area contributed by atoms with Crippen LogP contribution in [-0.4, -0.2) is 24.7 Å². The van der Waals surface area contributed by atoms with E-state index in [-0.39, 0.29) is 11.9 Å². The molecular weight excluding hydrogens is 234 g/mol. The SMILES string of the molecule is CS.N#Cc1ccc(N2CC[C@H](N)C2=O)cc1. The molecular formula is C12H15N3OS. The molecule has 2 rings (SSSR count). The van der Waals surface area contributed by atoms with E-state index in [4.69, 9.17) is 11.0 Å². The number of nitriles is 1. The topological polar surface area (TPSA) is 70.1 Å². The van der Waals surface area contributed by atoms with Gasteiger partial charge in [0.2, 0.25) is 5.91 Å². The quantitative estimate of drug-likeness (QED) is 0.734. The van der Waals surface area contributed by atoms with Gasteiger partial charge in [-0.3, -0.25) is 4.79 Å². The second kappa shape index (κ2) is 6.28. The van der Waals surface area contributed by atoms with Crippen LogP contribution < -0.4 is 10.6 Å². The summed E-state index contributed by atoms with van der Waals surface area (Å²) in [6.45, 7) is 0.659. The molecule has 0 aliphatic carbocycles. The first-order valence-corrected chi connectivity index (χ1v) is 6.13. The summed E-state index contributed by atoms with van der Waals surface area (Å²) >= 11 is 3.53. The average Bonchev–Trinajstić information content (AvgIpc) is 2.73. The van der Waals surface area contributed by atoms with E-state index < -0.39 is 0 Å². The number of amides is 1. The molecule has 1 aromatic carbocycles. The van der Waals surface area contributed by atoms with Crippen molar-refractivity contribution < 1.29 is 4.79 Å². The van der Waals surface area contributed by atoms with Crippen molar-refractivity contribution in [2.75, 3.05) is 17.7 Å². The predicted molar refractivity (Wildman–Crippen MR) is 71.0 cm³/mol. The van der Waals surface area contributed by atoms with Crippen LogP contribution in [0.5, 0.6) is 0 Å². The van der Waals surface area contributed by atoms with Crippen LogP contribution in [0.3, 0.4) is 0 Å². The zero-order valence-corrected chi connectivity index (χ0v) is 10.5. The van der Waals surface area contributed by atoms with Gasteiger partial charge in [0, 0.05) is 12.2 Å². The molecule has 5 heteroatoms. The van der Waals surface area contributed by atoms with Crippen molar-refractivity contribution in [1.82, 2.24) is 0 Å². The van der Waals surface area contributed by atoms with Crippen LogP contribution in [0.25, 0.3) is 0 Å². The van der Waals surface area contributed by atoms with Gasteiger partial charge in [-0.2, -0.15) is 17.9 Å². The molecule has 1 atom stereocenters. The lowest BCUT2D eigenvalue weighted by Crippen LogP contribution is -2.33. The number of carbonyl (C=O) groups excluding carboxylic acids is 1. The lowest BCUT2D eigenvalue weighted by atomic mass is 10.2. The van der Waals surface area contributed by atoms with E-state index in [0.29, 0.717) is 18.5 Å². The maximum absolute atomic E-state index is 11.6. The Labute approximate surface area is 106 Å². The van der Waals surface area contributed by atoms with Crippen molar-refractivity contribution in [1.29, 1.82) is 5.26 Å². The zero-order chi connectivity index (χ0) is 12.8. The van der Waals surface area contributed by atoms with Crippen LogP contribution in [0.4, 0.5) is 5.69 Å². The minimum absolute atomic E-state index is 0.0419. The molecule has 4 nitrogen and oxygen atoms in total. The van der Waals surface area contributed by atoms with Crippen molar-refractivity contribution in [3.63, 3.8) is 0 Å². The van der Waals surface area contributed by atoms with Gasteiger partial charge in [-0.25, -0.2) is 0 Å². The van der Waals surface area contributed by atoms with Gasteiger partial charge in [0.25, 0.3) is 0 Å². The third kappa shape index (κ3) is 2.99. The Morgan fingerprint density at radius 1 is 1.41 bits per heavy atom. The number of rotatable bonds is 1. The van der Waals surface area contributed by atoms with Gasteiger partial charge in [0.15, 0.2) is 0 Å². The molecule has 0 radical (unpaired) electrons. The summed E-state index contributed by atoms with van der Waals surface area (Å²) in [7, 11) is 0. The standard InChI is InChI=1S/C11H11N3O.CH4S/c12-7-8-1-3-9(4-2-8)14-6-5-10(13)11(14)15;1-2/h1-4,10H,5-6,13H2;2H,1H3/t10-;/m0./s1. The number of nitrogens with zero attached hydrogens (tertiary/aromatic N) is 2. The second-order valence-electron chi connectivity index (χ2n) is 3.54. The first-order chi connectivity index (χ1) is 8.22. The molecule has 0 spiro atoms. The summed E-state index contributed by atoms with van der Waals surface area (Å²) in [5.41, 5.74) is 7.02. The van der Waals surface area contributed by atoms with Crippen molar-refractivity contribution in [2.45, 2.75) is 12.5 Å². The first kappa shape index (κ1) is 13.6. The van der Waals surface area contributed by atoms with Gasteiger partial charge in [0.05, 0.1) is 17.7 Å². The normalized spacial score (nSPS) is 18.4. The van der Waals surface area contributed by atoms with Gasteiger partial charge in [-0.1, -0.05) is 0 Å². The highest BCUT2D eigenvalue weighted by atomic mass is 32.1. The van der Waals surface area contributed by atoms with Crippen LogP contribution in [-0.2, 0) is 4.79 Å². The minimum atomic E-state index is -0.374. The fraction of sp³-hybridized carbons (Fsp3) is 0.333. The third-order valence-electron chi connectivity index (χ3n) is 2.56. The summed E-state index contributed by atoms with van der Waals surface area (Å²) in [6.07, 6.45) is 2.39. The van der Waals surface area contributed by atoms with Crippen molar-refractivity contribution in [3.8, 4) is 6.07 Å². The molecule has 2 N–H and O–H groups in total. The first-order valence-electron chi connectivity index (χ1n) is 5.24. The largest absolute Gasteiger partial charge is 0.320 e. The Balaban J connectivity index is 0.000000686. The molecule has 1 saturated heterocycles. The Morgan fingerprint density at radius 3 is 2.41 bits per heavy atom. The molecule has 90 valence electrons. The molecule has 1 aliphatic rings. The lowest BCUT2D eigenvalue weighted by Gasteiger charge is -2.15. The summed E-state index contributed by atoms with van der Waals surface area (Å²) in [6, 6.07) is 8.61. The number of hydrogen-bond donors (Lipinski definition) is 2. The Morgan fingerprint density at radius 2 is 2.00 bits per heavy atom. The molecule has 1 heterocycles. The molecule has 1 fully saturated rings. The molecule has 1 aliphatic heterocycles. The Kier molecular flexibility index (Phi) is 5.01. The molecule has 0 unspecified atom stereocenters. The highest BCUT2D eigenvalue weighted by Crippen LogP contribution is 2.20. The number of hydrogen-bond acceptors (Lipinski definition) is 4. The highest BCUT2D eigenvalue weighted by molar-refractivity contribution is 7.79. The number of carbonyl (C=O) groups is 1. The van der Waals surface area contributed by atoms with Gasteiger partial charge in [-0.05, 0) is 36.9 Å².